The van der Waals surface area contributed by atoms with Crippen molar-refractivity contribution in [2.75, 3.05) is 13.1 Å². The highest BCUT2D eigenvalue weighted by Crippen LogP contribution is 2.22. The summed E-state index contributed by atoms with van der Waals surface area (Å²) < 4.78 is 31.0. The van der Waals surface area contributed by atoms with Crippen LogP contribution in [0.3, 0.4) is 0 Å². The van der Waals surface area contributed by atoms with Crippen LogP contribution in [0.4, 0.5) is 0 Å². The molecular weight excluding hydrogens is 685 g/mol. The topological polar surface area (TPSA) is 173 Å². The zero-order chi connectivity index (χ0) is 37.0. The number of carbonyl (C=O) groups is 4. The van der Waals surface area contributed by atoms with Gasteiger partial charge in [-0.05, 0) is 17.7 Å². The molecule has 1 aromatic heterocycles. The molecule has 1 aliphatic heterocycles. The van der Waals surface area contributed by atoms with Gasteiger partial charge in [-0.3, -0.25) is 23.7 Å². The van der Waals surface area contributed by atoms with Gasteiger partial charge in [-0.25, -0.2) is 14.3 Å². The fourth-order valence-corrected chi connectivity index (χ4v) is 6.44. The van der Waals surface area contributed by atoms with Crippen LogP contribution in [0.15, 0.2) is 126 Å². The number of nitrogens with zero attached hydrogens (tertiary/aromatic N) is 3. The Kier molecular flexibility index (Phi) is 12.7. The van der Waals surface area contributed by atoms with Crippen molar-refractivity contribution in [3.8, 4) is 11.4 Å². The molecule has 268 valence electrons. The number of hydrogen-bond acceptors (Lipinski definition) is 8. The number of amides is 2. The minimum Gasteiger partial charge on any atom is -0.347 e. The predicted molar refractivity (Wildman–Crippen MR) is 194 cm³/mol. The second-order valence-corrected chi connectivity index (χ2v) is 13.7. The van der Waals surface area contributed by atoms with E-state index in [1.807, 2.05) is 36.4 Å². The third-order valence-electron chi connectivity index (χ3n) is 8.40. The quantitative estimate of drug-likeness (QED) is 0.104. The molecule has 1 unspecified atom stereocenters. The molecule has 2 heterocycles. The molecule has 52 heavy (non-hydrogen) atoms. The number of quaternary nitrogens is 1. The van der Waals surface area contributed by atoms with E-state index in [1.54, 1.807) is 72.9 Å². The van der Waals surface area contributed by atoms with Crippen LogP contribution in [-0.4, -0.2) is 58.9 Å². The zero-order valence-electron chi connectivity index (χ0n) is 28.3. The smallest absolute Gasteiger partial charge is 0.343 e. The van der Waals surface area contributed by atoms with E-state index in [0.29, 0.717) is 18.7 Å². The molecule has 0 saturated heterocycles. The molecule has 14 heteroatoms. The molecule has 5 rings (SSSR count). The summed E-state index contributed by atoms with van der Waals surface area (Å²) in [6.45, 7) is -0.799. The summed E-state index contributed by atoms with van der Waals surface area (Å²) in [5, 5.41) is 2.42. The Morgan fingerprint density at radius 1 is 0.769 bits per heavy atom. The van der Waals surface area contributed by atoms with Gasteiger partial charge in [-0.15, -0.1) is 0 Å². The van der Waals surface area contributed by atoms with Gasteiger partial charge in [0.25, 0.3) is 15.8 Å². The van der Waals surface area contributed by atoms with Gasteiger partial charge in [-0.1, -0.05) is 91.0 Å². The average molecular weight is 724 g/mol. The molecule has 0 radical (unpaired) electrons. The highest BCUT2D eigenvalue weighted by atomic mass is 32.2. The number of allylic oxidation sites excluding steroid dienone is 2. The first-order chi connectivity index (χ1) is 25.1. The van der Waals surface area contributed by atoms with Crippen molar-refractivity contribution < 1.29 is 32.1 Å². The number of rotatable bonds is 18. The van der Waals surface area contributed by atoms with Gasteiger partial charge < -0.3 is 5.32 Å². The van der Waals surface area contributed by atoms with Crippen molar-refractivity contribution in [1.82, 2.24) is 24.3 Å². The van der Waals surface area contributed by atoms with Crippen LogP contribution in [0.25, 0.3) is 11.4 Å². The third-order valence-corrected chi connectivity index (χ3v) is 9.45. The van der Waals surface area contributed by atoms with Crippen molar-refractivity contribution in [2.24, 2.45) is 0 Å². The number of Topliss-reactive ketones (excluding diaryl/α,β-unsaturated/α-hetero) is 2. The van der Waals surface area contributed by atoms with E-state index < -0.39 is 52.9 Å². The van der Waals surface area contributed by atoms with Crippen LogP contribution in [0.2, 0.25) is 0 Å². The fourth-order valence-electron chi connectivity index (χ4n) is 5.63. The average Bonchev–Trinajstić information content (AvgIpc) is 3.15. The summed E-state index contributed by atoms with van der Waals surface area (Å²) in [5.74, 6) is -2.21. The van der Waals surface area contributed by atoms with E-state index in [1.165, 1.54) is 12.3 Å². The lowest BCUT2D eigenvalue weighted by Crippen LogP contribution is -2.48. The van der Waals surface area contributed by atoms with Crippen molar-refractivity contribution in [2.45, 2.75) is 39.0 Å². The van der Waals surface area contributed by atoms with Crippen LogP contribution in [0, 0.1) is 0 Å². The highest BCUT2D eigenvalue weighted by Gasteiger charge is 2.34. The van der Waals surface area contributed by atoms with E-state index in [9.17, 15) is 32.4 Å². The van der Waals surface area contributed by atoms with Crippen LogP contribution < -0.4 is 20.3 Å². The second-order valence-electron chi connectivity index (χ2n) is 12.2. The highest BCUT2D eigenvalue weighted by molar-refractivity contribution is 7.87. The van der Waals surface area contributed by atoms with Gasteiger partial charge >= 0.3 is 5.91 Å². The molecule has 0 aliphatic carbocycles. The maximum absolute atomic E-state index is 13.6. The Labute approximate surface area is 301 Å². The molecule has 0 bridgehead atoms. The summed E-state index contributed by atoms with van der Waals surface area (Å²) in [4.78, 5) is 69.5. The number of nitrogens with one attached hydrogen (secondary N) is 3. The second kappa shape index (κ2) is 17.5. The van der Waals surface area contributed by atoms with Gasteiger partial charge in [-0.2, -0.15) is 17.9 Å². The lowest BCUT2D eigenvalue weighted by atomic mass is 10.1. The molecule has 13 nitrogen and oxygen atoms in total. The Bertz CT molecular complexity index is 2140. The zero-order valence-corrected chi connectivity index (χ0v) is 29.1. The summed E-state index contributed by atoms with van der Waals surface area (Å²) in [5.41, 5.74) is 1.54. The molecule has 3 N–H and O–H groups in total. The third kappa shape index (κ3) is 10.2. The Morgan fingerprint density at radius 3 is 2.08 bits per heavy atom. The largest absolute Gasteiger partial charge is 0.347 e. The summed E-state index contributed by atoms with van der Waals surface area (Å²) in [6.07, 6.45) is 8.12. The Balaban J connectivity index is 1.19. The molecule has 2 amide bonds. The molecule has 0 fully saturated rings. The lowest BCUT2D eigenvalue weighted by Gasteiger charge is -2.32. The molecule has 3 aromatic carbocycles. The maximum atomic E-state index is 13.6. The van der Waals surface area contributed by atoms with Crippen LogP contribution >= 0.6 is 0 Å². The predicted octanol–water partition coefficient (Wildman–Crippen LogP) is 2.70. The standard InChI is InChI=1S/C38H38N6O7S/c45-33(19-12-22-44(21-11-10-20-36(44)48)28-30-15-6-2-7-16-30)34(46)26-39-35(47)27-43-37(31-17-8-3-9-18-31)40-24-32(38(43)49)25-42-52(50,51)41-23-29-13-4-1-5-14-29/h1-11,13-18,20-21,24,41-42H,12,19,22-23,25-28H2/p+1. The van der Waals surface area contributed by atoms with E-state index in [4.69, 9.17) is 0 Å². The van der Waals surface area contributed by atoms with E-state index >= 15 is 0 Å². The first kappa shape index (κ1) is 37.6. The Morgan fingerprint density at radius 2 is 1.40 bits per heavy atom. The molecule has 1 aliphatic rings. The Hall–Kier alpha value is -5.67. The number of ketones is 2. The maximum Gasteiger partial charge on any atom is 0.343 e. The van der Waals surface area contributed by atoms with Crippen molar-refractivity contribution in [1.29, 1.82) is 0 Å². The van der Waals surface area contributed by atoms with Gasteiger partial charge in [0.1, 0.15) is 25.1 Å². The first-order valence-electron chi connectivity index (χ1n) is 16.6. The van der Waals surface area contributed by atoms with Crippen LogP contribution in [0.1, 0.15) is 29.5 Å². The minimum absolute atomic E-state index is 0.0179. The fraction of sp³-hybridized carbons (Fsp3) is 0.211. The summed E-state index contributed by atoms with van der Waals surface area (Å²) in [7, 11) is -4.00. The normalized spacial score (nSPS) is 15.3. The first-order valence-corrected chi connectivity index (χ1v) is 18.1. The lowest BCUT2D eigenvalue weighted by molar-refractivity contribution is -0.815. The van der Waals surface area contributed by atoms with Crippen molar-refractivity contribution >= 4 is 33.6 Å². The van der Waals surface area contributed by atoms with E-state index in [2.05, 4.69) is 19.7 Å². The van der Waals surface area contributed by atoms with Crippen LogP contribution in [0.5, 0.6) is 0 Å². The SMILES string of the molecule is O=C(Cn1c(-c2ccccc2)ncc(CNS(=O)(=O)NCc2ccccc2)c1=O)NCC(=O)C(=O)CCC[N+]1(Cc2ccccc2)C=CC=CC1=O. The molecule has 1 atom stereocenters. The summed E-state index contributed by atoms with van der Waals surface area (Å²) >= 11 is 0. The van der Waals surface area contributed by atoms with Gasteiger partial charge in [0.05, 0.1) is 18.7 Å². The number of hydrogen-bond donors (Lipinski definition) is 3. The van der Waals surface area contributed by atoms with Crippen molar-refractivity contribution in [3.63, 3.8) is 0 Å². The van der Waals surface area contributed by atoms with E-state index in [-0.39, 0.29) is 41.2 Å². The molecule has 0 spiro atoms. The monoisotopic (exact) mass is 723 g/mol. The summed E-state index contributed by atoms with van der Waals surface area (Å²) in [6, 6.07) is 27.1. The minimum atomic E-state index is -4.00. The van der Waals surface area contributed by atoms with Gasteiger partial charge in [0, 0.05) is 49.3 Å². The van der Waals surface area contributed by atoms with Gasteiger partial charge in [0.2, 0.25) is 17.5 Å². The number of benzene rings is 3. The molecule has 0 saturated carbocycles. The molecular formula is C38H39N6O7S+. The molecule has 4 aromatic rings. The number of aromatic nitrogens is 2. The van der Waals surface area contributed by atoms with Gasteiger partial charge in [0.15, 0.2) is 0 Å². The number of carbonyl (C=O) groups excluding carboxylic acids is 4. The van der Waals surface area contributed by atoms with Crippen molar-refractivity contribution in [3.05, 3.63) is 149 Å². The van der Waals surface area contributed by atoms with Crippen LogP contribution in [-0.2, 0) is 55.6 Å². The van der Waals surface area contributed by atoms with E-state index in [0.717, 1.165) is 15.7 Å².